The Kier molecular flexibility index (Phi) is 11.9. The third kappa shape index (κ3) is 9.75. The van der Waals surface area contributed by atoms with Gasteiger partial charge in [0.05, 0.1) is 11.3 Å². The van der Waals surface area contributed by atoms with Gasteiger partial charge in [-0.15, -0.1) is 0 Å². The molecule has 0 radical (unpaired) electrons. The lowest BCUT2D eigenvalue weighted by Gasteiger charge is -2.40. The van der Waals surface area contributed by atoms with E-state index >= 15 is 0 Å². The minimum Gasteiger partial charge on any atom is -0.463 e. The van der Waals surface area contributed by atoms with Crippen molar-refractivity contribution in [3.63, 3.8) is 0 Å². The van der Waals surface area contributed by atoms with Gasteiger partial charge in [0.2, 0.25) is 5.91 Å². The predicted octanol–water partition coefficient (Wildman–Crippen LogP) is 9.59. The van der Waals surface area contributed by atoms with Gasteiger partial charge in [0.25, 0.3) is 6.47 Å². The number of amides is 1. The summed E-state index contributed by atoms with van der Waals surface area (Å²) in [7, 11) is 0. The van der Waals surface area contributed by atoms with Gasteiger partial charge in [-0.1, -0.05) is 95.7 Å². The number of anilines is 1. The second kappa shape index (κ2) is 15.8. The minimum absolute atomic E-state index is 0.0271. The van der Waals surface area contributed by atoms with Crippen molar-refractivity contribution < 1.29 is 31.9 Å². The summed E-state index contributed by atoms with van der Waals surface area (Å²) < 4.78 is 58.6. The molecule has 5 rings (SSSR count). The molecule has 0 aliphatic heterocycles. The van der Waals surface area contributed by atoms with E-state index in [-0.39, 0.29) is 29.3 Å². The van der Waals surface area contributed by atoms with E-state index in [1.807, 2.05) is 67.6 Å². The van der Waals surface area contributed by atoms with Crippen LogP contribution in [-0.4, -0.2) is 12.4 Å². The van der Waals surface area contributed by atoms with Crippen molar-refractivity contribution in [2.24, 2.45) is 17.8 Å². The number of rotatable bonds is 8. The molecular formula is C36H34BrF4NO3. The van der Waals surface area contributed by atoms with E-state index in [0.29, 0.717) is 25.6 Å². The zero-order chi connectivity index (χ0) is 32.4. The van der Waals surface area contributed by atoms with E-state index in [4.69, 9.17) is 0 Å². The third-order valence-electron chi connectivity index (χ3n) is 8.16. The normalized spacial score (nSPS) is 19.5. The number of ether oxygens (including phenoxy) is 1. The van der Waals surface area contributed by atoms with Crippen LogP contribution in [0.1, 0.15) is 47.9 Å². The van der Waals surface area contributed by atoms with E-state index in [2.05, 4.69) is 50.2 Å². The summed E-state index contributed by atoms with van der Waals surface area (Å²) in [5, 5.41) is 2.57. The molecule has 4 aromatic carbocycles. The summed E-state index contributed by atoms with van der Waals surface area (Å²) in [5.74, 6) is -1.54. The number of carbonyl (C=O) groups is 2. The Bertz CT molecular complexity index is 1530. The largest absolute Gasteiger partial charge is 0.463 e. The molecule has 0 spiro atoms. The van der Waals surface area contributed by atoms with Gasteiger partial charge in [0, 0.05) is 10.4 Å². The SMILES string of the molecule is C[C@H]1C(C(=O)Nc2ccc(C(F)(F)F)cc2F)CC(Cc2ccccc2)CC1c1ccc(Br)cc1.O=COCc1ccccc1. The Morgan fingerprint density at radius 1 is 0.911 bits per heavy atom. The monoisotopic (exact) mass is 683 g/mol. The van der Waals surface area contributed by atoms with Crippen LogP contribution in [0.2, 0.25) is 0 Å². The average molecular weight is 685 g/mol. The highest BCUT2D eigenvalue weighted by molar-refractivity contribution is 9.10. The molecule has 236 valence electrons. The molecule has 0 heterocycles. The second-order valence-corrected chi connectivity index (χ2v) is 12.1. The summed E-state index contributed by atoms with van der Waals surface area (Å²) in [5.41, 5.74) is 2.01. The first kappa shape index (κ1) is 33.9. The van der Waals surface area contributed by atoms with Crippen molar-refractivity contribution in [3.8, 4) is 0 Å². The molecule has 4 atom stereocenters. The first-order chi connectivity index (χ1) is 21.5. The van der Waals surface area contributed by atoms with Gasteiger partial charge in [-0.3, -0.25) is 9.59 Å². The first-order valence-electron chi connectivity index (χ1n) is 14.6. The van der Waals surface area contributed by atoms with Crippen LogP contribution < -0.4 is 5.32 Å². The van der Waals surface area contributed by atoms with Crippen molar-refractivity contribution in [1.82, 2.24) is 0 Å². The number of alkyl halides is 3. The minimum atomic E-state index is -4.65. The van der Waals surface area contributed by atoms with Crippen LogP contribution in [0.15, 0.2) is 108 Å². The summed E-state index contributed by atoms with van der Waals surface area (Å²) in [6.07, 6.45) is -2.30. The fourth-order valence-electron chi connectivity index (χ4n) is 5.86. The molecule has 1 fully saturated rings. The van der Waals surface area contributed by atoms with Crippen molar-refractivity contribution in [2.75, 3.05) is 5.32 Å². The summed E-state index contributed by atoms with van der Waals surface area (Å²) in [6.45, 7) is 2.84. The molecule has 0 saturated heterocycles. The van der Waals surface area contributed by atoms with E-state index in [1.165, 1.54) is 5.56 Å². The van der Waals surface area contributed by atoms with Crippen LogP contribution in [-0.2, 0) is 33.5 Å². The lowest BCUT2D eigenvalue weighted by Crippen LogP contribution is -2.38. The van der Waals surface area contributed by atoms with E-state index < -0.39 is 23.5 Å². The summed E-state index contributed by atoms with van der Waals surface area (Å²) >= 11 is 3.47. The number of carbonyl (C=O) groups excluding carboxylic acids is 2. The van der Waals surface area contributed by atoms with Crippen molar-refractivity contribution >= 4 is 34.0 Å². The van der Waals surface area contributed by atoms with Crippen molar-refractivity contribution in [2.45, 2.75) is 44.9 Å². The second-order valence-electron chi connectivity index (χ2n) is 11.2. The summed E-state index contributed by atoms with van der Waals surface area (Å²) in [6, 6.07) is 29.9. The number of hydrogen-bond acceptors (Lipinski definition) is 3. The van der Waals surface area contributed by atoms with Crippen LogP contribution in [0.4, 0.5) is 23.2 Å². The Balaban J connectivity index is 0.000000392. The van der Waals surface area contributed by atoms with Gasteiger partial charge in [0.15, 0.2) is 0 Å². The lowest BCUT2D eigenvalue weighted by atomic mass is 9.65. The highest BCUT2D eigenvalue weighted by atomic mass is 79.9. The molecule has 3 unspecified atom stereocenters. The molecule has 0 aromatic heterocycles. The molecule has 1 aliphatic rings. The number of benzene rings is 4. The van der Waals surface area contributed by atoms with Gasteiger partial charge in [-0.2, -0.15) is 13.2 Å². The predicted molar refractivity (Wildman–Crippen MR) is 170 cm³/mol. The number of nitrogens with one attached hydrogen (secondary N) is 1. The molecule has 0 bridgehead atoms. The van der Waals surface area contributed by atoms with Crippen LogP contribution in [0.3, 0.4) is 0 Å². The summed E-state index contributed by atoms with van der Waals surface area (Å²) in [4.78, 5) is 23.1. The first-order valence-corrected chi connectivity index (χ1v) is 15.4. The van der Waals surface area contributed by atoms with Gasteiger partial charge in [-0.05, 0) is 84.0 Å². The molecule has 1 aliphatic carbocycles. The molecule has 1 amide bonds. The maximum absolute atomic E-state index is 14.4. The van der Waals surface area contributed by atoms with Crippen LogP contribution >= 0.6 is 15.9 Å². The highest BCUT2D eigenvalue weighted by Crippen LogP contribution is 2.45. The standard InChI is InChI=1S/C28H26BrF4NO.C8H8O2/c1-17-23(20-7-10-22(29)11-8-20)14-19(13-18-5-3-2-4-6-18)15-24(17)27(35)34-26-12-9-21(16-25(26)30)28(31,32)33;9-7-10-6-8-4-2-1-3-5-8/h2-12,16-17,19,23-24H,13-15H2,1H3,(H,34,35);1-5,7H,6H2/t17-,19?,23?,24?;/m1./s1. The van der Waals surface area contributed by atoms with E-state index in [1.54, 1.807) is 0 Å². The van der Waals surface area contributed by atoms with Gasteiger partial charge in [-0.25, -0.2) is 4.39 Å². The Morgan fingerprint density at radius 2 is 1.53 bits per heavy atom. The smallest absolute Gasteiger partial charge is 0.416 e. The molecule has 4 nitrogen and oxygen atoms in total. The maximum Gasteiger partial charge on any atom is 0.416 e. The number of halogens is 5. The zero-order valence-electron chi connectivity index (χ0n) is 24.6. The fraction of sp³-hybridized carbons (Fsp3) is 0.278. The third-order valence-corrected chi connectivity index (χ3v) is 8.69. The average Bonchev–Trinajstić information content (AvgIpc) is 3.03. The Labute approximate surface area is 268 Å². The van der Waals surface area contributed by atoms with Gasteiger partial charge < -0.3 is 10.1 Å². The Morgan fingerprint density at radius 3 is 2.11 bits per heavy atom. The number of hydrogen-bond donors (Lipinski definition) is 1. The van der Waals surface area contributed by atoms with Gasteiger partial charge in [0.1, 0.15) is 12.4 Å². The van der Waals surface area contributed by atoms with E-state index in [0.717, 1.165) is 40.6 Å². The van der Waals surface area contributed by atoms with Crippen molar-refractivity contribution in [3.05, 3.63) is 136 Å². The quantitative estimate of drug-likeness (QED) is 0.149. The van der Waals surface area contributed by atoms with Crippen LogP contribution in [0.25, 0.3) is 0 Å². The fourth-order valence-corrected chi connectivity index (χ4v) is 6.12. The molecular weight excluding hydrogens is 650 g/mol. The van der Waals surface area contributed by atoms with Crippen LogP contribution in [0, 0.1) is 23.6 Å². The van der Waals surface area contributed by atoms with Gasteiger partial charge >= 0.3 is 6.18 Å². The molecule has 9 heteroatoms. The lowest BCUT2D eigenvalue weighted by molar-refractivity contribution is -0.137. The molecule has 1 saturated carbocycles. The van der Waals surface area contributed by atoms with E-state index in [9.17, 15) is 27.2 Å². The molecule has 45 heavy (non-hydrogen) atoms. The van der Waals surface area contributed by atoms with Crippen molar-refractivity contribution in [1.29, 1.82) is 0 Å². The van der Waals surface area contributed by atoms with Crippen LogP contribution in [0.5, 0.6) is 0 Å². The Hall–Kier alpha value is -3.98. The zero-order valence-corrected chi connectivity index (χ0v) is 26.2. The molecule has 4 aromatic rings. The maximum atomic E-state index is 14.4. The highest BCUT2D eigenvalue weighted by Gasteiger charge is 2.40. The topological polar surface area (TPSA) is 55.4 Å². The molecule has 1 N–H and O–H groups in total.